The van der Waals surface area contributed by atoms with E-state index in [1.165, 1.54) is 32.1 Å². The van der Waals surface area contributed by atoms with Crippen molar-refractivity contribution in [3.8, 4) is 0 Å². The third-order valence-electron chi connectivity index (χ3n) is 3.41. The summed E-state index contributed by atoms with van der Waals surface area (Å²) in [6.07, 6.45) is 6.15. The van der Waals surface area contributed by atoms with Gasteiger partial charge >= 0.3 is 5.97 Å². The molecule has 1 aromatic rings. The molecule has 3 nitrogen and oxygen atoms in total. The Morgan fingerprint density at radius 2 is 1.89 bits per heavy atom. The summed E-state index contributed by atoms with van der Waals surface area (Å²) in [5.74, 6) is 0.252. The summed E-state index contributed by atoms with van der Waals surface area (Å²) >= 11 is 0. The van der Waals surface area contributed by atoms with Crippen LogP contribution < -0.4 is 0 Å². The van der Waals surface area contributed by atoms with Crippen molar-refractivity contribution in [3.05, 3.63) is 41.2 Å². The Balaban J connectivity index is 1.85. The molecule has 1 aliphatic rings. The molecule has 18 heavy (non-hydrogen) atoms. The minimum atomic E-state index is -0.280. The van der Waals surface area contributed by atoms with Crippen molar-refractivity contribution in [2.45, 2.75) is 32.1 Å². The van der Waals surface area contributed by atoms with Gasteiger partial charge in [-0.25, -0.2) is 9.64 Å². The Morgan fingerprint density at radius 3 is 2.50 bits per heavy atom. The van der Waals surface area contributed by atoms with Gasteiger partial charge in [0.1, 0.15) is 0 Å². The number of nitrogens with zero attached hydrogens (tertiary/aromatic N) is 1. The zero-order valence-corrected chi connectivity index (χ0v) is 10.4. The lowest BCUT2D eigenvalue weighted by Crippen LogP contribution is -2.16. The topological polar surface area (TPSA) is 30.7 Å². The van der Waals surface area contributed by atoms with Gasteiger partial charge in [-0.1, -0.05) is 43.5 Å². The Hall–Kier alpha value is -1.82. The molecular formula is C15H17NO2. The molecule has 94 valence electrons. The largest absolute Gasteiger partial charge is 0.462 e. The van der Waals surface area contributed by atoms with Gasteiger partial charge in [-0.2, -0.15) is 0 Å². The highest BCUT2D eigenvalue weighted by atomic mass is 16.5. The minimum Gasteiger partial charge on any atom is -0.462 e. The summed E-state index contributed by atoms with van der Waals surface area (Å²) in [5.41, 5.74) is 1.07. The first-order valence-corrected chi connectivity index (χ1v) is 6.44. The second-order valence-electron chi connectivity index (χ2n) is 4.76. The Labute approximate surface area is 108 Å². The van der Waals surface area contributed by atoms with E-state index in [0.29, 0.717) is 23.8 Å². The van der Waals surface area contributed by atoms with Crippen molar-refractivity contribution in [1.29, 1.82) is 0 Å². The highest BCUT2D eigenvalue weighted by Crippen LogP contribution is 2.24. The van der Waals surface area contributed by atoms with Crippen molar-refractivity contribution in [1.82, 2.24) is 0 Å². The summed E-state index contributed by atoms with van der Waals surface area (Å²) < 4.78 is 5.32. The van der Waals surface area contributed by atoms with E-state index in [4.69, 9.17) is 11.3 Å². The van der Waals surface area contributed by atoms with E-state index >= 15 is 0 Å². The van der Waals surface area contributed by atoms with E-state index in [1.54, 1.807) is 24.3 Å². The zero-order chi connectivity index (χ0) is 12.8. The van der Waals surface area contributed by atoms with Crippen LogP contribution >= 0.6 is 0 Å². The van der Waals surface area contributed by atoms with E-state index in [-0.39, 0.29) is 5.97 Å². The normalized spacial score (nSPS) is 15.9. The average molecular weight is 243 g/mol. The van der Waals surface area contributed by atoms with E-state index in [1.807, 2.05) is 0 Å². The number of ether oxygens (including phenoxy) is 1. The lowest BCUT2D eigenvalue weighted by molar-refractivity contribution is 0.0410. The van der Waals surface area contributed by atoms with Crippen LogP contribution in [-0.4, -0.2) is 12.6 Å². The Bertz CT molecular complexity index is 439. The van der Waals surface area contributed by atoms with Crippen molar-refractivity contribution < 1.29 is 9.53 Å². The molecule has 0 saturated heterocycles. The molecule has 0 atom stereocenters. The highest BCUT2D eigenvalue weighted by Gasteiger charge is 2.16. The van der Waals surface area contributed by atoms with E-state index in [2.05, 4.69) is 4.85 Å². The SMILES string of the molecule is [C-]#[N+]c1ccc(C(=O)OCC2CCCCC2)cc1. The summed E-state index contributed by atoms with van der Waals surface area (Å²) in [6.45, 7) is 7.38. The second-order valence-corrected chi connectivity index (χ2v) is 4.76. The molecule has 0 aromatic heterocycles. The summed E-state index contributed by atoms with van der Waals surface area (Å²) in [6, 6.07) is 6.58. The van der Waals surface area contributed by atoms with Gasteiger partial charge in [0.15, 0.2) is 5.69 Å². The molecule has 0 N–H and O–H groups in total. The number of benzene rings is 1. The van der Waals surface area contributed by atoms with Crippen LogP contribution in [0.25, 0.3) is 4.85 Å². The Kier molecular flexibility index (Phi) is 4.35. The van der Waals surface area contributed by atoms with Gasteiger partial charge in [-0.15, -0.1) is 0 Å². The van der Waals surface area contributed by atoms with E-state index in [0.717, 1.165) is 0 Å². The fourth-order valence-corrected chi connectivity index (χ4v) is 2.30. The Morgan fingerprint density at radius 1 is 1.22 bits per heavy atom. The van der Waals surface area contributed by atoms with Crippen LogP contribution in [0.2, 0.25) is 0 Å². The molecule has 0 spiro atoms. The molecule has 2 rings (SSSR count). The molecule has 0 unspecified atom stereocenters. The maximum Gasteiger partial charge on any atom is 0.338 e. The fraction of sp³-hybridized carbons (Fsp3) is 0.467. The molecule has 0 heterocycles. The summed E-state index contributed by atoms with van der Waals surface area (Å²) in [5, 5.41) is 0. The van der Waals surface area contributed by atoms with Crippen LogP contribution in [0.5, 0.6) is 0 Å². The zero-order valence-electron chi connectivity index (χ0n) is 10.4. The van der Waals surface area contributed by atoms with Crippen molar-refractivity contribution in [2.75, 3.05) is 6.61 Å². The number of hydrogen-bond acceptors (Lipinski definition) is 2. The van der Waals surface area contributed by atoms with Gasteiger partial charge < -0.3 is 4.74 Å². The first-order valence-electron chi connectivity index (χ1n) is 6.44. The predicted octanol–water partition coefficient (Wildman–Crippen LogP) is 3.97. The first kappa shape index (κ1) is 12.6. The third kappa shape index (κ3) is 3.33. The molecule has 1 saturated carbocycles. The lowest BCUT2D eigenvalue weighted by Gasteiger charge is -2.21. The van der Waals surface area contributed by atoms with Gasteiger partial charge in [0.05, 0.1) is 18.7 Å². The van der Waals surface area contributed by atoms with Gasteiger partial charge in [0, 0.05) is 0 Å². The van der Waals surface area contributed by atoms with Gasteiger partial charge in [-0.3, -0.25) is 0 Å². The second kappa shape index (κ2) is 6.20. The van der Waals surface area contributed by atoms with Crippen LogP contribution in [0.15, 0.2) is 24.3 Å². The van der Waals surface area contributed by atoms with Gasteiger partial charge in [-0.05, 0) is 18.8 Å². The van der Waals surface area contributed by atoms with Gasteiger partial charge in [0.2, 0.25) is 0 Å². The standard InChI is InChI=1S/C15H17NO2/c1-16-14-9-7-13(8-10-14)15(17)18-11-12-5-3-2-4-6-12/h7-10,12H,2-6,11H2. The summed E-state index contributed by atoms with van der Waals surface area (Å²) in [4.78, 5) is 15.1. The van der Waals surface area contributed by atoms with Crippen molar-refractivity contribution in [3.63, 3.8) is 0 Å². The average Bonchev–Trinajstić information content (AvgIpc) is 2.46. The first-order chi connectivity index (χ1) is 8.79. The molecule has 1 aliphatic carbocycles. The molecule has 0 radical (unpaired) electrons. The molecule has 1 aromatic carbocycles. The number of rotatable bonds is 3. The number of carbonyl (C=O) groups excluding carboxylic acids is 1. The van der Waals surface area contributed by atoms with E-state index in [9.17, 15) is 4.79 Å². The molecular weight excluding hydrogens is 226 g/mol. The van der Waals surface area contributed by atoms with Crippen LogP contribution in [0.1, 0.15) is 42.5 Å². The summed E-state index contributed by atoms with van der Waals surface area (Å²) in [7, 11) is 0. The lowest BCUT2D eigenvalue weighted by atomic mass is 9.90. The molecule has 1 fully saturated rings. The monoisotopic (exact) mass is 243 g/mol. The van der Waals surface area contributed by atoms with Crippen molar-refractivity contribution >= 4 is 11.7 Å². The molecule has 0 amide bonds. The number of hydrogen-bond donors (Lipinski definition) is 0. The molecule has 0 bridgehead atoms. The van der Waals surface area contributed by atoms with Crippen molar-refractivity contribution in [2.24, 2.45) is 5.92 Å². The van der Waals surface area contributed by atoms with Crippen LogP contribution in [0, 0.1) is 12.5 Å². The number of esters is 1. The predicted molar refractivity (Wildman–Crippen MR) is 69.6 cm³/mol. The molecule has 3 heteroatoms. The quantitative estimate of drug-likeness (QED) is 0.594. The number of carbonyl (C=O) groups is 1. The maximum absolute atomic E-state index is 11.8. The molecule has 0 aliphatic heterocycles. The van der Waals surface area contributed by atoms with Gasteiger partial charge in [0.25, 0.3) is 0 Å². The fourth-order valence-electron chi connectivity index (χ4n) is 2.30. The van der Waals surface area contributed by atoms with Crippen LogP contribution in [-0.2, 0) is 4.74 Å². The maximum atomic E-state index is 11.8. The highest BCUT2D eigenvalue weighted by molar-refractivity contribution is 5.89. The third-order valence-corrected chi connectivity index (χ3v) is 3.41. The smallest absolute Gasteiger partial charge is 0.338 e. The van der Waals surface area contributed by atoms with E-state index < -0.39 is 0 Å². The minimum absolute atomic E-state index is 0.280. The van der Waals surface area contributed by atoms with Crippen LogP contribution in [0.3, 0.4) is 0 Å². The van der Waals surface area contributed by atoms with Crippen LogP contribution in [0.4, 0.5) is 5.69 Å².